The number of aromatic nitrogens is 1. The fourth-order valence-electron chi connectivity index (χ4n) is 12.7. The molecule has 4 fully saturated rings. The lowest BCUT2D eigenvalue weighted by Crippen LogP contribution is -2.46. The van der Waals surface area contributed by atoms with Crippen molar-refractivity contribution in [2.75, 3.05) is 37.1 Å². The van der Waals surface area contributed by atoms with Gasteiger partial charge in [-0.1, -0.05) is 57.2 Å². The van der Waals surface area contributed by atoms with Crippen LogP contribution in [0.1, 0.15) is 163 Å². The Kier molecular flexibility index (Phi) is 20.6. The fourth-order valence-corrected chi connectivity index (χ4v) is 14.7. The van der Waals surface area contributed by atoms with Crippen LogP contribution in [0.25, 0.3) is 5.69 Å². The molecule has 0 radical (unpaired) electrons. The number of nitrogens with zero attached hydrogens (tertiary/aromatic N) is 3. The van der Waals surface area contributed by atoms with Crippen LogP contribution >= 0.6 is 22.6 Å². The van der Waals surface area contributed by atoms with Gasteiger partial charge in [0.2, 0.25) is 11.8 Å². The highest BCUT2D eigenvalue weighted by Gasteiger charge is 2.41. The molecule has 0 aliphatic heterocycles. The van der Waals surface area contributed by atoms with Crippen molar-refractivity contribution < 1.29 is 28.6 Å². The van der Waals surface area contributed by atoms with E-state index in [4.69, 9.17) is 13.9 Å². The first-order chi connectivity index (χ1) is 37.3. The van der Waals surface area contributed by atoms with Gasteiger partial charge in [-0.25, -0.2) is 0 Å². The maximum absolute atomic E-state index is 14.1. The summed E-state index contributed by atoms with van der Waals surface area (Å²) in [4.78, 5) is 32.3. The van der Waals surface area contributed by atoms with E-state index in [1.807, 2.05) is 0 Å². The summed E-state index contributed by atoms with van der Waals surface area (Å²) < 4.78 is 21.0. The first kappa shape index (κ1) is 59.7. The molecule has 422 valence electrons. The average Bonchev–Trinajstić information content (AvgIpc) is 3.89. The first-order valence-corrected chi connectivity index (χ1v) is 33.6. The number of hydrogen-bond acceptors (Lipinski definition) is 6. The molecule has 0 spiro atoms. The topological polar surface area (TPSA) is 93.5 Å². The molecule has 2 amide bonds. The molecule has 0 unspecified atom stereocenters. The average molecular weight is 1190 g/mol. The number of aliphatic hydroxyl groups is 1. The minimum Gasteiger partial charge on any atom is -0.496 e. The molecule has 0 atom stereocenters. The Morgan fingerprint density at radius 2 is 1.09 bits per heavy atom. The van der Waals surface area contributed by atoms with Crippen LogP contribution in [-0.4, -0.2) is 69.3 Å². The second kappa shape index (κ2) is 26.9. The van der Waals surface area contributed by atoms with Gasteiger partial charge in [0.15, 0.2) is 8.32 Å². The van der Waals surface area contributed by atoms with Crippen LogP contribution in [-0.2, 0) is 14.0 Å². The zero-order valence-corrected chi connectivity index (χ0v) is 52.0. The number of carbonyl (C=O) groups excluding carboxylic acids is 2. The maximum Gasteiger partial charge on any atom is 0.230 e. The lowest BCUT2D eigenvalue weighted by atomic mass is 9.78. The molecule has 4 saturated carbocycles. The molecule has 4 aliphatic rings. The SMILES string of the molecule is COc1ccc(C2CCC(CN(C(=O)C3CCC(O)CC3)c3cccc(-n4ccc(C)c4)c3)CC2)cc1C.COc1ccc(C2CCC(CN(C(=O)C3CCC(O[Si](C)(C)C(C)(C)C)CC3)c3cccc(I)c3)CC2)cc1C. The van der Waals surface area contributed by atoms with Crippen LogP contribution in [0.5, 0.6) is 11.5 Å². The predicted molar refractivity (Wildman–Crippen MR) is 331 cm³/mol. The summed E-state index contributed by atoms with van der Waals surface area (Å²) in [5, 5.41) is 10.2. The molecule has 9 rings (SSSR count). The lowest BCUT2D eigenvalue weighted by Gasteiger charge is -2.41. The Labute approximate surface area is 483 Å². The van der Waals surface area contributed by atoms with Crippen LogP contribution in [0, 0.1) is 48.0 Å². The summed E-state index contributed by atoms with van der Waals surface area (Å²) in [5.41, 5.74) is 9.58. The number of amides is 2. The third-order valence-electron chi connectivity index (χ3n) is 18.6. The van der Waals surface area contributed by atoms with Gasteiger partial charge >= 0.3 is 0 Å². The number of halogens is 1. The van der Waals surface area contributed by atoms with E-state index in [9.17, 15) is 14.7 Å². The number of anilines is 2. The van der Waals surface area contributed by atoms with Gasteiger partial charge in [-0.15, -0.1) is 0 Å². The standard InChI is InChI=1S/C34H50INO3Si.C33H42N2O3/c1-24-21-28(17-20-32(24)38-5)26-13-11-25(12-14-26)23-36(30-10-8-9-29(35)22-30)33(37)27-15-18-31(19-16-27)39-40(6,7)34(2,3)4;1-23-17-18-34(21-23)29-5-4-6-30(20-29)35(33(37)27-11-14-31(36)15-12-27)22-25-7-9-26(10-8-25)28-13-16-32(38-3)24(2)19-28/h8-10,17,20-22,25-27,31H,11-16,18-19,23H2,1-7H3;4-6,13,16-21,25-27,31,36H,7-12,14-15,22H2,1-3H3. The Morgan fingerprint density at radius 3 is 1.53 bits per heavy atom. The van der Waals surface area contributed by atoms with Gasteiger partial charge in [-0.05, 0) is 270 Å². The van der Waals surface area contributed by atoms with E-state index >= 15 is 0 Å². The van der Waals surface area contributed by atoms with Gasteiger partial charge in [0, 0.05) is 64.1 Å². The highest BCUT2D eigenvalue weighted by Crippen LogP contribution is 2.43. The molecule has 11 heteroatoms. The Bertz CT molecular complexity index is 2750. The van der Waals surface area contributed by atoms with Crippen molar-refractivity contribution in [2.45, 2.75) is 186 Å². The summed E-state index contributed by atoms with van der Waals surface area (Å²) in [7, 11) is 1.67. The number of aliphatic hydroxyl groups excluding tert-OH is 1. The van der Waals surface area contributed by atoms with E-state index in [0.29, 0.717) is 35.7 Å². The van der Waals surface area contributed by atoms with Crippen LogP contribution < -0.4 is 19.3 Å². The van der Waals surface area contributed by atoms with Crippen LogP contribution in [0.2, 0.25) is 18.1 Å². The number of carbonyl (C=O) groups is 2. The zero-order chi connectivity index (χ0) is 55.7. The zero-order valence-electron chi connectivity index (χ0n) is 48.9. The lowest BCUT2D eigenvalue weighted by molar-refractivity contribution is -0.124. The molecule has 5 aromatic rings. The number of aryl methyl sites for hydroxylation is 3. The minimum atomic E-state index is -1.79. The van der Waals surface area contributed by atoms with Crippen molar-refractivity contribution in [3.05, 3.63) is 135 Å². The highest BCUT2D eigenvalue weighted by atomic mass is 127. The van der Waals surface area contributed by atoms with Crippen LogP contribution in [0.15, 0.2) is 103 Å². The maximum atomic E-state index is 14.1. The summed E-state index contributed by atoms with van der Waals surface area (Å²) in [6.07, 6.45) is 20.3. The van der Waals surface area contributed by atoms with Crippen LogP contribution in [0.3, 0.4) is 0 Å². The molecular weight excluding hydrogens is 1100 g/mol. The van der Waals surface area contributed by atoms with Crippen molar-refractivity contribution in [3.63, 3.8) is 0 Å². The number of ether oxygens (including phenoxy) is 2. The van der Waals surface area contributed by atoms with Gasteiger partial charge < -0.3 is 33.4 Å². The first-order valence-electron chi connectivity index (χ1n) is 29.6. The van der Waals surface area contributed by atoms with Gasteiger partial charge in [-0.2, -0.15) is 0 Å². The van der Waals surface area contributed by atoms with Gasteiger partial charge in [0.05, 0.1) is 20.3 Å². The van der Waals surface area contributed by atoms with Crippen LogP contribution in [0.4, 0.5) is 11.4 Å². The summed E-state index contributed by atoms with van der Waals surface area (Å²) >= 11 is 2.37. The fraction of sp³-hybridized carbons (Fsp3) is 0.552. The monoisotopic (exact) mass is 1190 g/mol. The van der Waals surface area contributed by atoms with Gasteiger partial charge in [0.25, 0.3) is 0 Å². The van der Waals surface area contributed by atoms with Gasteiger partial charge in [-0.3, -0.25) is 9.59 Å². The van der Waals surface area contributed by atoms with Crippen molar-refractivity contribution in [1.82, 2.24) is 4.57 Å². The molecule has 1 heterocycles. The second-order valence-electron chi connectivity index (χ2n) is 25.2. The third kappa shape index (κ3) is 15.3. The molecular formula is C67H92IN3O6Si. The third-order valence-corrected chi connectivity index (χ3v) is 23.8. The van der Waals surface area contributed by atoms with Crippen molar-refractivity contribution in [3.8, 4) is 17.2 Å². The highest BCUT2D eigenvalue weighted by molar-refractivity contribution is 14.1. The predicted octanol–water partition coefficient (Wildman–Crippen LogP) is 16.5. The number of rotatable bonds is 15. The summed E-state index contributed by atoms with van der Waals surface area (Å²) in [6.45, 7) is 19.5. The molecule has 0 saturated heterocycles. The quantitative estimate of drug-likeness (QED) is 0.0829. The molecule has 1 N–H and O–H groups in total. The molecule has 78 heavy (non-hydrogen) atoms. The van der Waals surface area contributed by atoms with E-state index in [2.05, 4.69) is 195 Å². The smallest absolute Gasteiger partial charge is 0.230 e. The van der Waals surface area contributed by atoms with E-state index in [0.717, 1.165) is 132 Å². The van der Waals surface area contributed by atoms with Crippen molar-refractivity contribution in [1.29, 1.82) is 0 Å². The number of hydrogen-bond donors (Lipinski definition) is 1. The summed E-state index contributed by atoms with van der Waals surface area (Å²) in [6, 6.07) is 32.3. The Morgan fingerprint density at radius 1 is 0.615 bits per heavy atom. The largest absolute Gasteiger partial charge is 0.496 e. The normalized spacial score (nSPS) is 23.8. The minimum absolute atomic E-state index is 0.00510. The Hall–Kier alpha value is -4.43. The number of benzene rings is 4. The van der Waals surface area contributed by atoms with E-state index in [-0.39, 0.29) is 28.9 Å². The van der Waals surface area contributed by atoms with Gasteiger partial charge in [0.1, 0.15) is 11.5 Å². The van der Waals surface area contributed by atoms with Crippen molar-refractivity contribution >= 4 is 54.1 Å². The second-order valence-corrected chi connectivity index (χ2v) is 31.2. The van der Waals surface area contributed by atoms with Crippen molar-refractivity contribution in [2.24, 2.45) is 23.7 Å². The molecule has 1 aromatic heterocycles. The van der Waals surface area contributed by atoms with E-state index in [1.54, 1.807) is 14.2 Å². The summed E-state index contributed by atoms with van der Waals surface area (Å²) in [5.74, 6) is 4.74. The van der Waals surface area contributed by atoms with E-state index in [1.165, 1.54) is 44.2 Å². The Balaban J connectivity index is 0.000000206. The van der Waals surface area contributed by atoms with E-state index < -0.39 is 8.32 Å². The molecule has 4 aliphatic carbocycles. The molecule has 4 aromatic carbocycles. The molecule has 0 bridgehead atoms. The molecule has 9 nitrogen and oxygen atoms in total. The number of methoxy groups -OCH3 is 2.